The molecular formula is C18H17F2NO. The smallest absolute Gasteiger partial charge is 0.171 e. The summed E-state index contributed by atoms with van der Waals surface area (Å²) < 4.78 is 26.6. The lowest BCUT2D eigenvalue weighted by molar-refractivity contribution is -0.127. The minimum atomic E-state index is -1.38. The molecule has 0 saturated carbocycles. The van der Waals surface area contributed by atoms with Gasteiger partial charge >= 0.3 is 0 Å². The van der Waals surface area contributed by atoms with Crippen LogP contribution < -0.4 is 0 Å². The van der Waals surface area contributed by atoms with Crippen LogP contribution in [0.4, 0.5) is 8.78 Å². The van der Waals surface area contributed by atoms with Gasteiger partial charge in [0.25, 0.3) is 0 Å². The molecule has 0 bridgehead atoms. The third-order valence-corrected chi connectivity index (χ3v) is 4.01. The summed E-state index contributed by atoms with van der Waals surface area (Å²) in [4.78, 5) is 13.2. The first-order valence-electron chi connectivity index (χ1n) is 7.36. The van der Waals surface area contributed by atoms with E-state index in [1.54, 1.807) is 12.1 Å². The van der Waals surface area contributed by atoms with E-state index in [0.717, 1.165) is 16.7 Å². The van der Waals surface area contributed by atoms with Gasteiger partial charge in [0, 0.05) is 26.1 Å². The number of nitrogens with zero attached hydrogens (tertiary/aromatic N) is 1. The van der Waals surface area contributed by atoms with E-state index in [9.17, 15) is 13.6 Å². The molecule has 0 aromatic heterocycles. The predicted molar refractivity (Wildman–Crippen MR) is 81.6 cm³/mol. The molecule has 2 aromatic carbocycles. The standard InChI is InChI=1S/C18H17F2NO/c19-15-7-5-13(6-8-15)16-4-2-1-3-14(16)11-21-10-9-18(22)17(20)12-21/h1-8,17H,9-12H2/t17-/m0/s1. The normalized spacial score (nSPS) is 19.4. The van der Waals surface area contributed by atoms with Gasteiger partial charge in [-0.3, -0.25) is 9.69 Å². The maximum Gasteiger partial charge on any atom is 0.171 e. The van der Waals surface area contributed by atoms with Crippen molar-refractivity contribution < 1.29 is 13.6 Å². The number of alkyl halides is 1. The first-order valence-corrected chi connectivity index (χ1v) is 7.36. The molecule has 22 heavy (non-hydrogen) atoms. The second-order valence-corrected chi connectivity index (χ2v) is 5.58. The van der Waals surface area contributed by atoms with E-state index in [1.165, 1.54) is 12.1 Å². The quantitative estimate of drug-likeness (QED) is 0.863. The summed E-state index contributed by atoms with van der Waals surface area (Å²) in [6, 6.07) is 14.2. The Morgan fingerprint density at radius 1 is 1.09 bits per heavy atom. The van der Waals surface area contributed by atoms with Gasteiger partial charge < -0.3 is 0 Å². The Morgan fingerprint density at radius 2 is 1.82 bits per heavy atom. The van der Waals surface area contributed by atoms with Crippen LogP contribution in [0.3, 0.4) is 0 Å². The average molecular weight is 301 g/mol. The van der Waals surface area contributed by atoms with Crippen molar-refractivity contribution in [3.05, 3.63) is 59.9 Å². The molecule has 3 rings (SSSR count). The number of halogens is 2. The lowest BCUT2D eigenvalue weighted by Gasteiger charge is -2.28. The van der Waals surface area contributed by atoms with Gasteiger partial charge in [-0.1, -0.05) is 36.4 Å². The summed E-state index contributed by atoms with van der Waals surface area (Å²) in [6.07, 6.45) is -1.12. The first kappa shape index (κ1) is 14.9. The molecule has 1 atom stereocenters. The van der Waals surface area contributed by atoms with Gasteiger partial charge in [-0.2, -0.15) is 0 Å². The second kappa shape index (κ2) is 6.36. The third-order valence-electron chi connectivity index (χ3n) is 4.01. The van der Waals surface area contributed by atoms with E-state index >= 15 is 0 Å². The summed E-state index contributed by atoms with van der Waals surface area (Å²) in [7, 11) is 0. The minimum Gasteiger partial charge on any atom is -0.296 e. The largest absolute Gasteiger partial charge is 0.296 e. The molecule has 1 heterocycles. The SMILES string of the molecule is O=C1CCN(Cc2ccccc2-c2ccc(F)cc2)C[C@@H]1F. The Labute approximate surface area is 128 Å². The summed E-state index contributed by atoms with van der Waals surface area (Å²) in [5.74, 6) is -0.570. The molecule has 2 nitrogen and oxygen atoms in total. The molecule has 0 radical (unpaired) electrons. The fourth-order valence-corrected chi connectivity index (χ4v) is 2.80. The van der Waals surface area contributed by atoms with Crippen molar-refractivity contribution in [1.82, 2.24) is 4.90 Å². The zero-order valence-corrected chi connectivity index (χ0v) is 12.1. The van der Waals surface area contributed by atoms with Crippen molar-refractivity contribution in [2.45, 2.75) is 19.1 Å². The summed E-state index contributed by atoms with van der Waals surface area (Å²) in [6.45, 7) is 1.31. The lowest BCUT2D eigenvalue weighted by atomic mass is 9.98. The number of carbonyl (C=O) groups excluding carboxylic acids is 1. The molecule has 0 spiro atoms. The highest BCUT2D eigenvalue weighted by molar-refractivity contribution is 5.84. The maximum absolute atomic E-state index is 13.6. The fourth-order valence-electron chi connectivity index (χ4n) is 2.80. The highest BCUT2D eigenvalue weighted by Crippen LogP contribution is 2.26. The Morgan fingerprint density at radius 3 is 2.55 bits per heavy atom. The Hall–Kier alpha value is -2.07. The van der Waals surface area contributed by atoms with E-state index in [2.05, 4.69) is 0 Å². The molecule has 0 aliphatic carbocycles. The number of hydrogen-bond acceptors (Lipinski definition) is 2. The van der Waals surface area contributed by atoms with E-state index < -0.39 is 6.17 Å². The third kappa shape index (κ3) is 3.22. The topological polar surface area (TPSA) is 20.3 Å². The number of carbonyl (C=O) groups is 1. The van der Waals surface area contributed by atoms with Crippen LogP contribution in [-0.4, -0.2) is 29.9 Å². The Bertz CT molecular complexity index is 669. The molecule has 2 aromatic rings. The molecule has 4 heteroatoms. The highest BCUT2D eigenvalue weighted by Gasteiger charge is 2.26. The van der Waals surface area contributed by atoms with Crippen LogP contribution in [0, 0.1) is 5.82 Å². The predicted octanol–water partition coefficient (Wildman–Crippen LogP) is 3.61. The van der Waals surface area contributed by atoms with Crippen LogP contribution in [0.15, 0.2) is 48.5 Å². The van der Waals surface area contributed by atoms with Crippen LogP contribution in [0.25, 0.3) is 11.1 Å². The molecule has 1 aliphatic rings. The lowest BCUT2D eigenvalue weighted by Crippen LogP contribution is -2.41. The molecule has 0 amide bonds. The zero-order valence-electron chi connectivity index (χ0n) is 12.1. The zero-order chi connectivity index (χ0) is 15.5. The van der Waals surface area contributed by atoms with Crippen molar-refractivity contribution in [2.24, 2.45) is 0 Å². The summed E-state index contributed by atoms with van der Waals surface area (Å²) in [5, 5.41) is 0. The van der Waals surface area contributed by atoms with Gasteiger partial charge in [0.15, 0.2) is 12.0 Å². The van der Waals surface area contributed by atoms with Gasteiger partial charge in [0.05, 0.1) is 0 Å². The van der Waals surface area contributed by atoms with Gasteiger partial charge in [0.2, 0.25) is 0 Å². The van der Waals surface area contributed by atoms with Gasteiger partial charge in [-0.25, -0.2) is 8.78 Å². The van der Waals surface area contributed by atoms with Crippen molar-refractivity contribution in [3.63, 3.8) is 0 Å². The molecule has 1 saturated heterocycles. The molecule has 0 unspecified atom stereocenters. The summed E-state index contributed by atoms with van der Waals surface area (Å²) in [5.41, 5.74) is 2.99. The van der Waals surface area contributed by atoms with Crippen LogP contribution in [0.5, 0.6) is 0 Å². The van der Waals surface area contributed by atoms with Crippen LogP contribution >= 0.6 is 0 Å². The van der Waals surface area contributed by atoms with E-state index in [0.29, 0.717) is 13.1 Å². The van der Waals surface area contributed by atoms with E-state index in [-0.39, 0.29) is 24.6 Å². The van der Waals surface area contributed by atoms with Crippen molar-refractivity contribution >= 4 is 5.78 Å². The number of Topliss-reactive ketones (excluding diaryl/α,β-unsaturated/α-hetero) is 1. The van der Waals surface area contributed by atoms with Gasteiger partial charge in [-0.15, -0.1) is 0 Å². The summed E-state index contributed by atoms with van der Waals surface area (Å²) >= 11 is 0. The number of piperidine rings is 1. The monoisotopic (exact) mass is 301 g/mol. The second-order valence-electron chi connectivity index (χ2n) is 5.58. The molecule has 114 valence electrons. The Kier molecular flexibility index (Phi) is 4.29. The molecule has 1 aliphatic heterocycles. The van der Waals surface area contributed by atoms with Crippen LogP contribution in [0.2, 0.25) is 0 Å². The number of benzene rings is 2. The molecule has 0 N–H and O–H groups in total. The minimum absolute atomic E-state index is 0.149. The number of rotatable bonds is 3. The van der Waals surface area contributed by atoms with Crippen molar-refractivity contribution in [2.75, 3.05) is 13.1 Å². The highest BCUT2D eigenvalue weighted by atomic mass is 19.1. The number of ketones is 1. The number of likely N-dealkylation sites (tertiary alicyclic amines) is 1. The molecule has 1 fully saturated rings. The average Bonchev–Trinajstić information content (AvgIpc) is 2.52. The maximum atomic E-state index is 13.6. The van der Waals surface area contributed by atoms with Crippen LogP contribution in [-0.2, 0) is 11.3 Å². The van der Waals surface area contributed by atoms with Crippen LogP contribution in [0.1, 0.15) is 12.0 Å². The van der Waals surface area contributed by atoms with Crippen molar-refractivity contribution in [3.8, 4) is 11.1 Å². The van der Waals surface area contributed by atoms with Gasteiger partial charge in [-0.05, 0) is 28.8 Å². The van der Waals surface area contributed by atoms with Gasteiger partial charge in [0.1, 0.15) is 5.82 Å². The fraction of sp³-hybridized carbons (Fsp3) is 0.278. The van der Waals surface area contributed by atoms with Crippen molar-refractivity contribution in [1.29, 1.82) is 0 Å². The van der Waals surface area contributed by atoms with E-state index in [1.807, 2.05) is 29.2 Å². The van der Waals surface area contributed by atoms with E-state index in [4.69, 9.17) is 0 Å². The Balaban J connectivity index is 1.82. The first-order chi connectivity index (χ1) is 10.6. The number of hydrogen-bond donors (Lipinski definition) is 0. The molecular weight excluding hydrogens is 284 g/mol.